The van der Waals surface area contributed by atoms with Gasteiger partial charge >= 0.3 is 0 Å². The standard InChI is InChI=1S/C18H26N2O5S/c1-13-15(4-2-8-19-13)20-18(21)7-11-26(22,23)14-5-6-16-17(12-14)25-10-3-9-24-16/h5-6,12-13,15,19H,2-4,7-11H2,1H3,(H,20,21). The molecule has 3 rings (SSSR count). The maximum Gasteiger partial charge on any atom is 0.221 e. The third-order valence-corrected chi connectivity index (χ3v) is 6.50. The Labute approximate surface area is 154 Å². The molecule has 2 heterocycles. The molecule has 0 radical (unpaired) electrons. The van der Waals surface area contributed by atoms with Crippen LogP contribution in [-0.4, -0.2) is 51.9 Å². The topological polar surface area (TPSA) is 93.7 Å². The second-order valence-corrected chi connectivity index (χ2v) is 8.90. The van der Waals surface area contributed by atoms with Crippen LogP contribution in [0.5, 0.6) is 11.5 Å². The highest BCUT2D eigenvalue weighted by atomic mass is 32.2. The molecule has 1 amide bonds. The van der Waals surface area contributed by atoms with E-state index in [4.69, 9.17) is 9.47 Å². The van der Waals surface area contributed by atoms with Gasteiger partial charge in [0.05, 0.1) is 23.9 Å². The molecule has 2 atom stereocenters. The number of rotatable bonds is 5. The molecule has 0 bridgehead atoms. The van der Waals surface area contributed by atoms with Gasteiger partial charge < -0.3 is 20.1 Å². The van der Waals surface area contributed by atoms with Crippen molar-refractivity contribution < 1.29 is 22.7 Å². The quantitative estimate of drug-likeness (QED) is 0.797. The number of benzene rings is 1. The van der Waals surface area contributed by atoms with Gasteiger partial charge in [-0.3, -0.25) is 4.79 Å². The van der Waals surface area contributed by atoms with Crippen molar-refractivity contribution in [3.8, 4) is 11.5 Å². The minimum atomic E-state index is -3.57. The van der Waals surface area contributed by atoms with Gasteiger partial charge in [-0.1, -0.05) is 0 Å². The monoisotopic (exact) mass is 382 g/mol. The summed E-state index contributed by atoms with van der Waals surface area (Å²) in [4.78, 5) is 12.3. The first kappa shape index (κ1) is 19.0. The SMILES string of the molecule is CC1NCCCC1NC(=O)CCS(=O)(=O)c1ccc2c(c1)OCCCO2. The van der Waals surface area contributed by atoms with Crippen LogP contribution in [-0.2, 0) is 14.6 Å². The first-order valence-electron chi connectivity index (χ1n) is 9.11. The van der Waals surface area contributed by atoms with Crippen LogP contribution >= 0.6 is 0 Å². The van der Waals surface area contributed by atoms with Gasteiger partial charge in [0.25, 0.3) is 0 Å². The summed E-state index contributed by atoms with van der Waals surface area (Å²) in [5, 5.41) is 6.25. The summed E-state index contributed by atoms with van der Waals surface area (Å²) in [5.74, 6) is 0.532. The van der Waals surface area contributed by atoms with Crippen molar-refractivity contribution in [1.82, 2.24) is 10.6 Å². The van der Waals surface area contributed by atoms with Crippen molar-refractivity contribution in [3.05, 3.63) is 18.2 Å². The Hall–Kier alpha value is -1.80. The van der Waals surface area contributed by atoms with Crippen molar-refractivity contribution in [2.45, 2.75) is 49.6 Å². The molecule has 1 aromatic rings. The normalized spacial score (nSPS) is 23.1. The van der Waals surface area contributed by atoms with E-state index in [2.05, 4.69) is 10.6 Å². The number of amides is 1. The predicted octanol–water partition coefficient (Wildman–Crippen LogP) is 1.27. The fourth-order valence-corrected chi connectivity index (χ4v) is 4.45. The highest BCUT2D eigenvalue weighted by Crippen LogP contribution is 2.32. The largest absolute Gasteiger partial charge is 0.490 e. The smallest absolute Gasteiger partial charge is 0.221 e. The molecule has 0 spiro atoms. The van der Waals surface area contributed by atoms with E-state index in [1.54, 1.807) is 6.07 Å². The van der Waals surface area contributed by atoms with Crippen LogP contribution in [0.4, 0.5) is 0 Å². The summed E-state index contributed by atoms with van der Waals surface area (Å²) < 4.78 is 36.2. The summed E-state index contributed by atoms with van der Waals surface area (Å²) in [6, 6.07) is 4.86. The minimum absolute atomic E-state index is 0.0528. The Morgan fingerprint density at radius 2 is 2.00 bits per heavy atom. The number of nitrogens with one attached hydrogen (secondary N) is 2. The molecule has 2 N–H and O–H groups in total. The Morgan fingerprint density at radius 3 is 2.77 bits per heavy atom. The van der Waals surface area contributed by atoms with Crippen LogP contribution in [0.1, 0.15) is 32.6 Å². The molecule has 26 heavy (non-hydrogen) atoms. The van der Waals surface area contributed by atoms with Gasteiger partial charge in [-0.25, -0.2) is 8.42 Å². The average molecular weight is 382 g/mol. The summed E-state index contributed by atoms with van der Waals surface area (Å²) in [6.45, 7) is 4.02. The highest BCUT2D eigenvalue weighted by molar-refractivity contribution is 7.91. The molecule has 0 saturated carbocycles. The van der Waals surface area contributed by atoms with Gasteiger partial charge in [-0.15, -0.1) is 0 Å². The van der Waals surface area contributed by atoms with E-state index in [-0.39, 0.29) is 35.1 Å². The number of fused-ring (bicyclic) bond motifs is 1. The van der Waals surface area contributed by atoms with E-state index >= 15 is 0 Å². The Morgan fingerprint density at radius 1 is 1.23 bits per heavy atom. The molecule has 144 valence electrons. The second-order valence-electron chi connectivity index (χ2n) is 6.79. The van der Waals surface area contributed by atoms with Crippen LogP contribution in [0.3, 0.4) is 0 Å². The van der Waals surface area contributed by atoms with Crippen molar-refractivity contribution in [3.63, 3.8) is 0 Å². The van der Waals surface area contributed by atoms with Crippen LogP contribution in [0.25, 0.3) is 0 Å². The molecule has 2 unspecified atom stereocenters. The lowest BCUT2D eigenvalue weighted by Gasteiger charge is -2.30. The maximum atomic E-state index is 12.6. The van der Waals surface area contributed by atoms with E-state index < -0.39 is 9.84 Å². The molecule has 1 saturated heterocycles. The Kier molecular flexibility index (Phi) is 6.03. The molecule has 2 aliphatic heterocycles. The van der Waals surface area contributed by atoms with Crippen molar-refractivity contribution in [2.75, 3.05) is 25.5 Å². The third-order valence-electron chi connectivity index (χ3n) is 4.78. The van der Waals surface area contributed by atoms with Crippen molar-refractivity contribution in [2.24, 2.45) is 0 Å². The summed E-state index contributed by atoms with van der Waals surface area (Å²) in [5.41, 5.74) is 0. The van der Waals surface area contributed by atoms with Gasteiger partial charge in [0.2, 0.25) is 5.91 Å². The van der Waals surface area contributed by atoms with Crippen LogP contribution in [0, 0.1) is 0 Å². The zero-order valence-corrected chi connectivity index (χ0v) is 15.8. The average Bonchev–Trinajstić information content (AvgIpc) is 2.87. The number of carbonyl (C=O) groups is 1. The van der Waals surface area contributed by atoms with Crippen LogP contribution in [0.15, 0.2) is 23.1 Å². The molecule has 1 fully saturated rings. The number of hydrogen-bond acceptors (Lipinski definition) is 6. The highest BCUT2D eigenvalue weighted by Gasteiger charge is 2.24. The lowest BCUT2D eigenvalue weighted by Crippen LogP contribution is -2.52. The molecule has 0 aromatic heterocycles. The van der Waals surface area contributed by atoms with Crippen LogP contribution < -0.4 is 20.1 Å². The lowest BCUT2D eigenvalue weighted by atomic mass is 10.00. The fourth-order valence-electron chi connectivity index (χ4n) is 3.20. The molecular weight excluding hydrogens is 356 g/mol. The molecular formula is C18H26N2O5S. The van der Waals surface area contributed by atoms with Gasteiger partial charge in [-0.05, 0) is 38.4 Å². The Balaban J connectivity index is 1.60. The van der Waals surface area contributed by atoms with Gasteiger partial charge in [0, 0.05) is 31.0 Å². The van der Waals surface area contributed by atoms with Gasteiger partial charge in [-0.2, -0.15) is 0 Å². The number of sulfone groups is 1. The van der Waals surface area contributed by atoms with E-state index in [1.165, 1.54) is 12.1 Å². The molecule has 0 aliphatic carbocycles. The van der Waals surface area contributed by atoms with E-state index in [0.717, 1.165) is 25.8 Å². The van der Waals surface area contributed by atoms with Crippen molar-refractivity contribution >= 4 is 15.7 Å². The van der Waals surface area contributed by atoms with Gasteiger partial charge in [0.15, 0.2) is 21.3 Å². The zero-order chi connectivity index (χ0) is 18.6. The van der Waals surface area contributed by atoms with E-state index in [0.29, 0.717) is 24.7 Å². The van der Waals surface area contributed by atoms with Crippen molar-refractivity contribution in [1.29, 1.82) is 0 Å². The van der Waals surface area contributed by atoms with E-state index in [9.17, 15) is 13.2 Å². The van der Waals surface area contributed by atoms with Gasteiger partial charge in [0.1, 0.15) is 0 Å². The first-order chi connectivity index (χ1) is 12.5. The van der Waals surface area contributed by atoms with E-state index in [1.807, 2.05) is 6.92 Å². The number of hydrogen-bond donors (Lipinski definition) is 2. The fraction of sp³-hybridized carbons (Fsp3) is 0.611. The summed E-state index contributed by atoms with van der Waals surface area (Å²) >= 11 is 0. The predicted molar refractivity (Wildman–Crippen MR) is 97.3 cm³/mol. The lowest BCUT2D eigenvalue weighted by molar-refractivity contribution is -0.121. The molecule has 8 heteroatoms. The number of ether oxygens (including phenoxy) is 2. The first-order valence-corrected chi connectivity index (χ1v) is 10.8. The minimum Gasteiger partial charge on any atom is -0.490 e. The second kappa shape index (κ2) is 8.26. The summed E-state index contributed by atoms with van der Waals surface area (Å²) in [7, 11) is -3.57. The Bertz CT molecular complexity index is 750. The number of piperidine rings is 1. The third kappa shape index (κ3) is 4.67. The molecule has 2 aliphatic rings. The molecule has 1 aromatic carbocycles. The zero-order valence-electron chi connectivity index (χ0n) is 15.0. The summed E-state index contributed by atoms with van der Waals surface area (Å²) in [6.07, 6.45) is 2.62. The maximum absolute atomic E-state index is 12.6. The molecule has 7 nitrogen and oxygen atoms in total. The number of carbonyl (C=O) groups excluding carboxylic acids is 1. The van der Waals surface area contributed by atoms with Crippen LogP contribution in [0.2, 0.25) is 0 Å².